The summed E-state index contributed by atoms with van der Waals surface area (Å²) in [4.78, 5) is 0. The van der Waals surface area contributed by atoms with Gasteiger partial charge in [-0.15, -0.1) is 31.2 Å². The monoisotopic (exact) mass is 245 g/mol. The van der Waals surface area contributed by atoms with Gasteiger partial charge in [0, 0.05) is 0 Å². The molecule has 68 valence electrons. The van der Waals surface area contributed by atoms with E-state index in [0.717, 1.165) is 6.42 Å². The van der Waals surface area contributed by atoms with Gasteiger partial charge >= 0.3 is 26.8 Å². The molecular weight excluding hydrogens is 231 g/mol. The van der Waals surface area contributed by atoms with Crippen molar-refractivity contribution in [3.8, 4) is 0 Å². The van der Waals surface area contributed by atoms with Gasteiger partial charge in [-0.25, -0.2) is 12.2 Å². The van der Waals surface area contributed by atoms with Crippen LogP contribution in [0.5, 0.6) is 0 Å². The Morgan fingerprint density at radius 3 is 1.73 bits per heavy atom. The number of rotatable bonds is 0. The molecule has 1 rings (SSSR count). The average Bonchev–Trinajstić information content (AvgIpc) is 2.23. The van der Waals surface area contributed by atoms with Crippen molar-refractivity contribution in [3.05, 3.63) is 39.2 Å². The van der Waals surface area contributed by atoms with Crippen LogP contribution < -0.4 is 0 Å². The standard InChI is InChI=1S/C5H5.2CH3.2ClH.H2Si.Ti/c1-2-4-5-3-1;;;;;;/h1-3H,4H2;2*1H3;2*1H;1H2;/q3*-1;;;;. The van der Waals surface area contributed by atoms with Crippen molar-refractivity contribution < 1.29 is 19.2 Å². The van der Waals surface area contributed by atoms with Gasteiger partial charge in [-0.3, -0.25) is 6.08 Å². The first-order valence-electron chi connectivity index (χ1n) is 2.07. The molecule has 0 fully saturated rings. The topological polar surface area (TPSA) is 0 Å². The summed E-state index contributed by atoms with van der Waals surface area (Å²) in [5.74, 6) is 0. The quantitative estimate of drug-likeness (QED) is 0.453. The molecule has 0 atom stereocenters. The molecule has 0 N–H and O–H groups in total. The molecule has 0 bridgehead atoms. The first kappa shape index (κ1) is 29.6. The third kappa shape index (κ3) is 24.8. The first-order chi connectivity index (χ1) is 3.50. The van der Waals surface area contributed by atoms with Gasteiger partial charge in [0.05, 0.1) is 0 Å². The van der Waals surface area contributed by atoms with E-state index in [4.69, 9.17) is 0 Å². The second kappa shape index (κ2) is 30.6. The number of hydrogen-bond donors (Lipinski definition) is 0. The zero-order chi connectivity index (χ0) is 5.54. The van der Waals surface area contributed by atoms with Crippen molar-refractivity contribution in [2.45, 2.75) is 6.42 Å². The summed E-state index contributed by atoms with van der Waals surface area (Å²) in [5.41, 5.74) is 0. The fourth-order valence-electron chi connectivity index (χ4n) is 0.340. The van der Waals surface area contributed by atoms with Crippen molar-refractivity contribution in [3.63, 3.8) is 0 Å². The summed E-state index contributed by atoms with van der Waals surface area (Å²) in [6.07, 6.45) is 10.0. The maximum absolute atomic E-state index is 2.99. The second-order valence-corrected chi connectivity index (χ2v) is 1.00. The predicted octanol–water partition coefficient (Wildman–Crippen LogP) is 2.13. The Bertz CT molecular complexity index is 84.4. The fraction of sp³-hybridized carbons (Fsp3) is 0.143. The third-order valence-electron chi connectivity index (χ3n) is 0.586. The Labute approximate surface area is 96.8 Å². The zero-order valence-electron chi connectivity index (χ0n) is 6.96. The summed E-state index contributed by atoms with van der Waals surface area (Å²) in [6.45, 7) is 0. The van der Waals surface area contributed by atoms with E-state index in [2.05, 4.69) is 12.2 Å². The Morgan fingerprint density at radius 1 is 1.18 bits per heavy atom. The second-order valence-electron chi connectivity index (χ2n) is 1.00. The Morgan fingerprint density at radius 2 is 1.64 bits per heavy atom. The van der Waals surface area contributed by atoms with Crippen LogP contribution in [-0.4, -0.2) is 7.63 Å². The molecule has 0 saturated heterocycles. The minimum atomic E-state index is 0. The number of allylic oxidation sites excluding steroid dienone is 4. The van der Waals surface area contributed by atoms with Gasteiger partial charge in [-0.1, -0.05) is 0 Å². The average molecular weight is 246 g/mol. The van der Waals surface area contributed by atoms with Crippen LogP contribution in [0, 0.1) is 20.9 Å². The molecule has 0 aromatic heterocycles. The van der Waals surface area contributed by atoms with E-state index < -0.39 is 0 Å². The van der Waals surface area contributed by atoms with E-state index in [1.54, 1.807) is 0 Å². The van der Waals surface area contributed by atoms with Crippen LogP contribution in [-0.2, 0) is 19.2 Å². The molecule has 0 nitrogen and oxygen atoms in total. The molecular formula is C7H15Cl2SiTi-3. The van der Waals surface area contributed by atoms with Gasteiger partial charge in [0.25, 0.3) is 0 Å². The molecule has 11 heavy (non-hydrogen) atoms. The molecule has 0 aliphatic heterocycles. The van der Waals surface area contributed by atoms with Crippen LogP contribution in [0.2, 0.25) is 0 Å². The molecule has 1 aliphatic rings. The Kier molecular flexibility index (Phi) is 82.4. The molecule has 1 aliphatic carbocycles. The van der Waals surface area contributed by atoms with Gasteiger partial charge in [0.1, 0.15) is 0 Å². The molecule has 0 spiro atoms. The van der Waals surface area contributed by atoms with Crippen LogP contribution in [0.25, 0.3) is 0 Å². The molecule has 0 unspecified atom stereocenters. The van der Waals surface area contributed by atoms with Gasteiger partial charge in [-0.2, -0.15) is 6.08 Å². The molecule has 0 saturated carbocycles. The summed E-state index contributed by atoms with van der Waals surface area (Å²) in [6, 6.07) is 0. The number of hydrogen-bond acceptors (Lipinski definition) is 0. The van der Waals surface area contributed by atoms with Crippen molar-refractivity contribution in [2.24, 2.45) is 0 Å². The van der Waals surface area contributed by atoms with Crippen LogP contribution in [0.1, 0.15) is 6.42 Å². The van der Waals surface area contributed by atoms with Crippen molar-refractivity contribution in [2.75, 3.05) is 0 Å². The predicted molar refractivity (Wildman–Crippen MR) is 57.4 cm³/mol. The van der Waals surface area contributed by atoms with Gasteiger partial charge < -0.3 is 14.9 Å². The zero-order valence-corrected chi connectivity index (χ0v) is 11.6. The van der Waals surface area contributed by atoms with Crippen LogP contribution in [0.15, 0.2) is 18.2 Å². The summed E-state index contributed by atoms with van der Waals surface area (Å²) < 4.78 is 0. The molecule has 0 aromatic rings. The first-order valence-corrected chi connectivity index (χ1v) is 6.09. The van der Waals surface area contributed by atoms with E-state index in [-0.39, 0.29) is 39.7 Å². The fourth-order valence-corrected chi connectivity index (χ4v) is 0.340. The van der Waals surface area contributed by atoms with Crippen molar-refractivity contribution in [1.82, 2.24) is 0 Å². The van der Waals surface area contributed by atoms with Crippen LogP contribution in [0.3, 0.4) is 0 Å². The van der Waals surface area contributed by atoms with Crippen molar-refractivity contribution in [1.29, 1.82) is 0 Å². The van der Waals surface area contributed by atoms with Crippen molar-refractivity contribution >= 4 is 32.4 Å². The molecule has 0 heterocycles. The summed E-state index contributed by atoms with van der Waals surface area (Å²) >= 11 is 2.03. The molecule has 0 aromatic carbocycles. The molecule has 4 heteroatoms. The van der Waals surface area contributed by atoms with E-state index in [0.29, 0.717) is 0 Å². The SMILES string of the molecule is Cl.Cl.[C-]1=CC=CC1.[CH3-].[CH3-].[SiH2]=[Ti]. The summed E-state index contributed by atoms with van der Waals surface area (Å²) in [5, 5.41) is 0. The number of halogens is 2. The Hall–Kier alpha value is 0.991. The minimum absolute atomic E-state index is 0. The van der Waals surface area contributed by atoms with E-state index >= 15 is 0 Å². The van der Waals surface area contributed by atoms with E-state index in [1.165, 1.54) is 0 Å². The van der Waals surface area contributed by atoms with Gasteiger partial charge in [-0.05, 0) is 0 Å². The van der Waals surface area contributed by atoms with E-state index in [1.807, 2.05) is 39.0 Å². The summed E-state index contributed by atoms with van der Waals surface area (Å²) in [7, 11) is 1.86. The molecule has 0 radical (unpaired) electrons. The van der Waals surface area contributed by atoms with E-state index in [9.17, 15) is 0 Å². The maximum atomic E-state index is 2.99. The van der Waals surface area contributed by atoms with Crippen LogP contribution >= 0.6 is 24.8 Å². The third-order valence-corrected chi connectivity index (χ3v) is 0.586. The van der Waals surface area contributed by atoms with Gasteiger partial charge in [0.15, 0.2) is 0 Å². The Balaban J connectivity index is -0.0000000189. The van der Waals surface area contributed by atoms with Crippen LogP contribution in [0.4, 0.5) is 0 Å². The van der Waals surface area contributed by atoms with Gasteiger partial charge in [0.2, 0.25) is 0 Å². The molecule has 0 amide bonds. The normalized spacial score (nSPS) is 8.27.